The minimum absolute atomic E-state index is 0.434. The normalized spacial score (nSPS) is 14.6. The number of para-hydroxylation sites is 1. The Labute approximate surface area is 108 Å². The molecule has 3 nitrogen and oxygen atoms in total. The van der Waals surface area contributed by atoms with E-state index in [1.807, 2.05) is 19.1 Å². The summed E-state index contributed by atoms with van der Waals surface area (Å²) < 4.78 is 0. The number of carboxylic acids is 1. The molecule has 0 saturated heterocycles. The molecule has 2 rings (SSSR count). The van der Waals surface area contributed by atoms with Crippen molar-refractivity contribution in [2.24, 2.45) is 5.92 Å². The van der Waals surface area contributed by atoms with Crippen LogP contribution in [0.3, 0.4) is 0 Å². The van der Waals surface area contributed by atoms with Gasteiger partial charge in [0, 0.05) is 13.1 Å². The molecule has 1 aromatic rings. The van der Waals surface area contributed by atoms with Gasteiger partial charge in [-0.2, -0.15) is 0 Å². The highest BCUT2D eigenvalue weighted by atomic mass is 16.4. The molecule has 0 unspecified atom stereocenters. The van der Waals surface area contributed by atoms with Crippen LogP contribution in [-0.4, -0.2) is 24.2 Å². The largest absolute Gasteiger partial charge is 0.478 e. The van der Waals surface area contributed by atoms with Gasteiger partial charge in [0.15, 0.2) is 0 Å². The average Bonchev–Trinajstić information content (AvgIpc) is 3.12. The first-order chi connectivity index (χ1) is 8.63. The van der Waals surface area contributed by atoms with Crippen molar-refractivity contribution in [2.45, 2.75) is 33.1 Å². The Morgan fingerprint density at radius 1 is 1.44 bits per heavy atom. The van der Waals surface area contributed by atoms with Crippen molar-refractivity contribution in [3.8, 4) is 0 Å². The van der Waals surface area contributed by atoms with Crippen molar-refractivity contribution in [1.82, 2.24) is 0 Å². The molecule has 1 aromatic carbocycles. The lowest BCUT2D eigenvalue weighted by molar-refractivity contribution is 0.0697. The quantitative estimate of drug-likeness (QED) is 0.838. The standard InChI is InChI=1S/C15H21NO2/c1-3-9-16(10-12-7-8-12)14-11(2)5-4-6-13(14)15(17)18/h4-6,12H,3,7-10H2,1-2H3,(H,17,18). The number of aryl methyl sites for hydroxylation is 1. The lowest BCUT2D eigenvalue weighted by Crippen LogP contribution is -2.29. The van der Waals surface area contributed by atoms with E-state index in [4.69, 9.17) is 0 Å². The number of nitrogens with zero attached hydrogens (tertiary/aromatic N) is 1. The van der Waals surface area contributed by atoms with Crippen LogP contribution in [0.1, 0.15) is 42.1 Å². The van der Waals surface area contributed by atoms with Crippen LogP contribution >= 0.6 is 0 Å². The Kier molecular flexibility index (Phi) is 3.90. The zero-order valence-corrected chi connectivity index (χ0v) is 11.1. The molecule has 0 aromatic heterocycles. The maximum atomic E-state index is 11.4. The minimum atomic E-state index is -0.828. The first-order valence-corrected chi connectivity index (χ1v) is 6.71. The van der Waals surface area contributed by atoms with E-state index in [-0.39, 0.29) is 0 Å². The molecule has 1 aliphatic rings. The molecule has 3 heteroatoms. The number of hydrogen-bond donors (Lipinski definition) is 1. The van der Waals surface area contributed by atoms with E-state index in [1.54, 1.807) is 6.07 Å². The van der Waals surface area contributed by atoms with Gasteiger partial charge in [0.25, 0.3) is 0 Å². The smallest absolute Gasteiger partial charge is 0.337 e. The average molecular weight is 247 g/mol. The number of rotatable bonds is 6. The van der Waals surface area contributed by atoms with Crippen molar-refractivity contribution in [3.05, 3.63) is 29.3 Å². The van der Waals surface area contributed by atoms with Gasteiger partial charge in [-0.3, -0.25) is 0 Å². The number of carboxylic acid groups (broad SMARTS) is 1. The molecule has 1 fully saturated rings. The Morgan fingerprint density at radius 3 is 2.72 bits per heavy atom. The predicted octanol–water partition coefficient (Wildman–Crippen LogP) is 3.32. The molecule has 18 heavy (non-hydrogen) atoms. The molecule has 0 radical (unpaired) electrons. The molecule has 1 aliphatic carbocycles. The third-order valence-electron chi connectivity index (χ3n) is 3.45. The molecule has 0 aliphatic heterocycles. The topological polar surface area (TPSA) is 40.5 Å². The van der Waals surface area contributed by atoms with Crippen molar-refractivity contribution >= 4 is 11.7 Å². The lowest BCUT2D eigenvalue weighted by Gasteiger charge is -2.27. The molecule has 0 bridgehead atoms. The van der Waals surface area contributed by atoms with Crippen LogP contribution in [-0.2, 0) is 0 Å². The van der Waals surface area contributed by atoms with Gasteiger partial charge in [0.1, 0.15) is 0 Å². The number of benzene rings is 1. The summed E-state index contributed by atoms with van der Waals surface area (Å²) in [6, 6.07) is 5.53. The molecular formula is C15H21NO2. The fourth-order valence-corrected chi connectivity index (χ4v) is 2.43. The van der Waals surface area contributed by atoms with Crippen molar-refractivity contribution < 1.29 is 9.90 Å². The van der Waals surface area contributed by atoms with Gasteiger partial charge in [0.05, 0.1) is 11.3 Å². The zero-order valence-electron chi connectivity index (χ0n) is 11.1. The highest BCUT2D eigenvalue weighted by Gasteiger charge is 2.26. The van der Waals surface area contributed by atoms with E-state index in [2.05, 4.69) is 11.8 Å². The Balaban J connectivity index is 2.34. The van der Waals surface area contributed by atoms with E-state index in [0.717, 1.165) is 36.7 Å². The van der Waals surface area contributed by atoms with Gasteiger partial charge in [-0.1, -0.05) is 19.1 Å². The number of hydrogen-bond acceptors (Lipinski definition) is 2. The van der Waals surface area contributed by atoms with E-state index in [1.165, 1.54) is 12.8 Å². The summed E-state index contributed by atoms with van der Waals surface area (Å²) >= 11 is 0. The third kappa shape index (κ3) is 2.84. The Morgan fingerprint density at radius 2 is 2.17 bits per heavy atom. The van der Waals surface area contributed by atoms with Crippen LogP contribution < -0.4 is 4.90 Å². The van der Waals surface area contributed by atoms with Crippen molar-refractivity contribution in [3.63, 3.8) is 0 Å². The molecule has 0 heterocycles. The highest BCUT2D eigenvalue weighted by molar-refractivity contribution is 5.95. The van der Waals surface area contributed by atoms with Crippen LogP contribution in [0.25, 0.3) is 0 Å². The molecule has 1 saturated carbocycles. The fourth-order valence-electron chi connectivity index (χ4n) is 2.43. The number of anilines is 1. The predicted molar refractivity (Wildman–Crippen MR) is 73.4 cm³/mol. The molecular weight excluding hydrogens is 226 g/mol. The van der Waals surface area contributed by atoms with Gasteiger partial charge in [-0.15, -0.1) is 0 Å². The maximum absolute atomic E-state index is 11.4. The van der Waals surface area contributed by atoms with Crippen molar-refractivity contribution in [2.75, 3.05) is 18.0 Å². The summed E-state index contributed by atoms with van der Waals surface area (Å²) in [7, 11) is 0. The van der Waals surface area contributed by atoms with Crippen LogP contribution in [0.15, 0.2) is 18.2 Å². The van der Waals surface area contributed by atoms with Gasteiger partial charge in [0.2, 0.25) is 0 Å². The maximum Gasteiger partial charge on any atom is 0.337 e. The summed E-state index contributed by atoms with van der Waals surface area (Å²) in [6.45, 7) is 6.07. The SMILES string of the molecule is CCCN(CC1CC1)c1c(C)cccc1C(=O)O. The van der Waals surface area contributed by atoms with Gasteiger partial charge in [-0.25, -0.2) is 4.79 Å². The van der Waals surface area contributed by atoms with Crippen LogP contribution in [0.5, 0.6) is 0 Å². The minimum Gasteiger partial charge on any atom is -0.478 e. The second kappa shape index (κ2) is 5.42. The third-order valence-corrected chi connectivity index (χ3v) is 3.45. The van der Waals surface area contributed by atoms with Crippen LogP contribution in [0, 0.1) is 12.8 Å². The monoisotopic (exact) mass is 247 g/mol. The van der Waals surface area contributed by atoms with Crippen molar-refractivity contribution in [1.29, 1.82) is 0 Å². The number of carbonyl (C=O) groups is 1. The highest BCUT2D eigenvalue weighted by Crippen LogP contribution is 2.33. The summed E-state index contributed by atoms with van der Waals surface area (Å²) in [5, 5.41) is 9.33. The van der Waals surface area contributed by atoms with E-state index >= 15 is 0 Å². The van der Waals surface area contributed by atoms with E-state index in [0.29, 0.717) is 5.56 Å². The summed E-state index contributed by atoms with van der Waals surface area (Å²) in [4.78, 5) is 13.6. The molecule has 0 atom stereocenters. The number of aromatic carboxylic acids is 1. The summed E-state index contributed by atoms with van der Waals surface area (Å²) in [5.41, 5.74) is 2.41. The fraction of sp³-hybridized carbons (Fsp3) is 0.533. The zero-order chi connectivity index (χ0) is 13.1. The van der Waals surface area contributed by atoms with Crippen LogP contribution in [0.2, 0.25) is 0 Å². The van der Waals surface area contributed by atoms with Gasteiger partial charge in [-0.05, 0) is 43.7 Å². The second-order valence-electron chi connectivity index (χ2n) is 5.17. The van der Waals surface area contributed by atoms with Gasteiger partial charge >= 0.3 is 5.97 Å². The van der Waals surface area contributed by atoms with Gasteiger partial charge < -0.3 is 10.0 Å². The molecule has 0 amide bonds. The molecule has 0 spiro atoms. The molecule has 1 N–H and O–H groups in total. The first kappa shape index (κ1) is 12.9. The summed E-state index contributed by atoms with van der Waals surface area (Å²) in [5.74, 6) is -0.0663. The second-order valence-corrected chi connectivity index (χ2v) is 5.17. The molecule has 98 valence electrons. The lowest BCUT2D eigenvalue weighted by atomic mass is 10.1. The Bertz CT molecular complexity index is 438. The Hall–Kier alpha value is -1.51. The van der Waals surface area contributed by atoms with E-state index in [9.17, 15) is 9.90 Å². The van der Waals surface area contributed by atoms with E-state index < -0.39 is 5.97 Å². The first-order valence-electron chi connectivity index (χ1n) is 6.71. The summed E-state index contributed by atoms with van der Waals surface area (Å²) in [6.07, 6.45) is 3.61. The van der Waals surface area contributed by atoms with Crippen LogP contribution in [0.4, 0.5) is 5.69 Å².